The Bertz CT molecular complexity index is 929. The Morgan fingerprint density at radius 1 is 0.885 bits per heavy atom. The van der Waals surface area contributed by atoms with Crippen LogP contribution in [0, 0.1) is 6.92 Å². The summed E-state index contributed by atoms with van der Waals surface area (Å²) in [5, 5.41) is 0.776. The minimum absolute atomic E-state index is 0.583. The zero-order chi connectivity index (χ0) is 17.9. The smallest absolute Gasteiger partial charge is 0.120 e. The van der Waals surface area contributed by atoms with Gasteiger partial charge in [-0.25, -0.2) is 0 Å². The van der Waals surface area contributed by atoms with Gasteiger partial charge in [-0.3, -0.25) is 0 Å². The summed E-state index contributed by atoms with van der Waals surface area (Å²) >= 11 is 6.08. The first-order chi connectivity index (χ1) is 12.7. The molecular weight excluding hydrogens is 340 g/mol. The van der Waals surface area contributed by atoms with Gasteiger partial charge >= 0.3 is 0 Å². The molecule has 0 saturated carbocycles. The molecule has 0 fully saturated rings. The summed E-state index contributed by atoms with van der Waals surface area (Å²) in [6.07, 6.45) is 4.99. The van der Waals surface area contributed by atoms with E-state index in [0.717, 1.165) is 10.8 Å². The summed E-state index contributed by atoms with van der Waals surface area (Å²) in [6, 6.07) is 21.2. The first-order valence-electron chi connectivity index (χ1n) is 9.29. The van der Waals surface area contributed by atoms with Gasteiger partial charge in [0.2, 0.25) is 0 Å². The summed E-state index contributed by atoms with van der Waals surface area (Å²) in [4.78, 5) is 0. The summed E-state index contributed by atoms with van der Waals surface area (Å²) in [5.74, 6) is 0.971. The second-order valence-electron chi connectivity index (χ2n) is 7.09. The molecule has 0 aromatic heterocycles. The van der Waals surface area contributed by atoms with Crippen LogP contribution in [-0.2, 0) is 19.4 Å². The fraction of sp³-hybridized carbons (Fsp3) is 0.250. The third-order valence-electron chi connectivity index (χ3n) is 5.15. The van der Waals surface area contributed by atoms with E-state index in [1.807, 2.05) is 12.1 Å². The van der Waals surface area contributed by atoms with Crippen molar-refractivity contribution in [3.63, 3.8) is 0 Å². The molecule has 1 nitrogen and oxygen atoms in total. The molecule has 0 aliphatic heterocycles. The molecule has 3 aromatic rings. The highest BCUT2D eigenvalue weighted by molar-refractivity contribution is 6.30. The first-order valence-corrected chi connectivity index (χ1v) is 9.67. The molecule has 0 N–H and O–H groups in total. The largest absolute Gasteiger partial charge is 0.489 e. The molecule has 0 unspecified atom stereocenters. The summed E-state index contributed by atoms with van der Waals surface area (Å²) in [7, 11) is 0. The maximum Gasteiger partial charge on any atom is 0.120 e. The van der Waals surface area contributed by atoms with E-state index in [9.17, 15) is 0 Å². The maximum atomic E-state index is 6.08. The van der Waals surface area contributed by atoms with Crippen molar-refractivity contribution in [1.29, 1.82) is 0 Å². The van der Waals surface area contributed by atoms with Crippen molar-refractivity contribution in [3.05, 3.63) is 87.9 Å². The van der Waals surface area contributed by atoms with E-state index in [1.54, 1.807) is 0 Å². The molecule has 0 saturated heterocycles. The molecule has 1 aliphatic carbocycles. The minimum Gasteiger partial charge on any atom is -0.489 e. The quantitative estimate of drug-likeness (QED) is 0.497. The van der Waals surface area contributed by atoms with E-state index >= 15 is 0 Å². The lowest BCUT2D eigenvalue weighted by molar-refractivity contribution is 0.305. The van der Waals surface area contributed by atoms with Gasteiger partial charge in [0.15, 0.2) is 0 Å². The van der Waals surface area contributed by atoms with E-state index in [-0.39, 0.29) is 0 Å². The van der Waals surface area contributed by atoms with Crippen molar-refractivity contribution in [2.24, 2.45) is 0 Å². The van der Waals surface area contributed by atoms with Crippen LogP contribution in [-0.4, -0.2) is 0 Å². The second kappa shape index (κ2) is 7.55. The third kappa shape index (κ3) is 3.78. The van der Waals surface area contributed by atoms with Crippen molar-refractivity contribution >= 4 is 11.6 Å². The highest BCUT2D eigenvalue weighted by atomic mass is 35.5. The van der Waals surface area contributed by atoms with Crippen LogP contribution in [0.25, 0.3) is 11.1 Å². The molecule has 2 heteroatoms. The van der Waals surface area contributed by atoms with E-state index in [2.05, 4.69) is 55.5 Å². The van der Waals surface area contributed by atoms with Gasteiger partial charge in [-0.15, -0.1) is 0 Å². The van der Waals surface area contributed by atoms with Crippen molar-refractivity contribution in [2.45, 2.75) is 39.2 Å². The van der Waals surface area contributed by atoms with Gasteiger partial charge in [-0.1, -0.05) is 41.9 Å². The number of hydrogen-bond acceptors (Lipinski definition) is 1. The van der Waals surface area contributed by atoms with Crippen LogP contribution >= 0.6 is 11.6 Å². The Hall–Kier alpha value is -2.25. The van der Waals surface area contributed by atoms with Gasteiger partial charge in [-0.05, 0) is 96.3 Å². The molecule has 26 heavy (non-hydrogen) atoms. The molecule has 0 amide bonds. The molecule has 0 bridgehead atoms. The third-order valence-corrected chi connectivity index (χ3v) is 5.39. The predicted molar refractivity (Wildman–Crippen MR) is 109 cm³/mol. The van der Waals surface area contributed by atoms with Gasteiger partial charge < -0.3 is 4.74 Å². The SMILES string of the molecule is Cc1cc(Cl)ccc1-c1cccc(COc2ccc3c(c2)CCCC3)c1. The lowest BCUT2D eigenvalue weighted by Gasteiger charge is -2.17. The molecule has 0 atom stereocenters. The Balaban J connectivity index is 1.51. The van der Waals surface area contributed by atoms with Crippen molar-refractivity contribution in [2.75, 3.05) is 0 Å². The fourth-order valence-electron chi connectivity index (χ4n) is 3.75. The number of aryl methyl sites for hydroxylation is 3. The Kier molecular flexibility index (Phi) is 4.99. The minimum atomic E-state index is 0.583. The fourth-order valence-corrected chi connectivity index (χ4v) is 3.97. The van der Waals surface area contributed by atoms with Crippen LogP contribution in [0.5, 0.6) is 5.75 Å². The van der Waals surface area contributed by atoms with Gasteiger partial charge in [0.1, 0.15) is 12.4 Å². The molecule has 0 heterocycles. The molecule has 0 radical (unpaired) electrons. The predicted octanol–water partition coefficient (Wildman–Crippen LogP) is 6.77. The Morgan fingerprint density at radius 3 is 2.58 bits per heavy atom. The van der Waals surface area contributed by atoms with Crippen LogP contribution in [0.2, 0.25) is 5.02 Å². The standard InChI is InChI=1S/C24H23ClO/c1-17-13-22(25)10-12-24(17)21-8-4-5-18(14-21)16-26-23-11-9-19-6-2-3-7-20(19)15-23/h4-5,8-15H,2-3,6-7,16H2,1H3. The lowest BCUT2D eigenvalue weighted by Crippen LogP contribution is -2.03. The van der Waals surface area contributed by atoms with E-state index in [0.29, 0.717) is 6.61 Å². The highest BCUT2D eigenvalue weighted by Crippen LogP contribution is 2.28. The second-order valence-corrected chi connectivity index (χ2v) is 7.52. The van der Waals surface area contributed by atoms with Gasteiger partial charge in [0.25, 0.3) is 0 Å². The van der Waals surface area contributed by atoms with E-state index in [1.165, 1.54) is 59.1 Å². The molecule has 0 spiro atoms. The summed E-state index contributed by atoms with van der Waals surface area (Å²) in [5.41, 5.74) is 7.72. The number of halogens is 1. The van der Waals surface area contributed by atoms with E-state index in [4.69, 9.17) is 16.3 Å². The number of benzene rings is 3. The number of rotatable bonds is 4. The zero-order valence-corrected chi connectivity index (χ0v) is 15.9. The van der Waals surface area contributed by atoms with Crippen LogP contribution in [0.15, 0.2) is 60.7 Å². The molecule has 1 aliphatic rings. The molecule has 132 valence electrons. The average molecular weight is 363 g/mol. The summed E-state index contributed by atoms with van der Waals surface area (Å²) in [6.45, 7) is 2.68. The highest BCUT2D eigenvalue weighted by Gasteiger charge is 2.10. The van der Waals surface area contributed by atoms with Crippen LogP contribution in [0.4, 0.5) is 0 Å². The number of fused-ring (bicyclic) bond motifs is 1. The van der Waals surface area contributed by atoms with Gasteiger partial charge in [-0.2, -0.15) is 0 Å². The Morgan fingerprint density at radius 2 is 1.73 bits per heavy atom. The van der Waals surface area contributed by atoms with Crippen LogP contribution in [0.1, 0.15) is 35.1 Å². The Labute approximate surface area is 160 Å². The van der Waals surface area contributed by atoms with Crippen LogP contribution < -0.4 is 4.74 Å². The topological polar surface area (TPSA) is 9.23 Å². The number of ether oxygens (including phenoxy) is 1. The van der Waals surface area contributed by atoms with E-state index < -0.39 is 0 Å². The number of hydrogen-bond donors (Lipinski definition) is 0. The van der Waals surface area contributed by atoms with Crippen molar-refractivity contribution in [1.82, 2.24) is 0 Å². The van der Waals surface area contributed by atoms with Crippen molar-refractivity contribution in [3.8, 4) is 16.9 Å². The van der Waals surface area contributed by atoms with Crippen LogP contribution in [0.3, 0.4) is 0 Å². The van der Waals surface area contributed by atoms with Gasteiger partial charge in [0, 0.05) is 5.02 Å². The maximum absolute atomic E-state index is 6.08. The van der Waals surface area contributed by atoms with Gasteiger partial charge in [0.05, 0.1) is 0 Å². The summed E-state index contributed by atoms with van der Waals surface area (Å²) < 4.78 is 6.08. The zero-order valence-electron chi connectivity index (χ0n) is 15.1. The average Bonchev–Trinajstić information content (AvgIpc) is 2.66. The van der Waals surface area contributed by atoms with Crippen molar-refractivity contribution < 1.29 is 4.74 Å². The monoisotopic (exact) mass is 362 g/mol. The lowest BCUT2D eigenvalue weighted by atomic mass is 9.92. The molecule has 3 aromatic carbocycles. The molecule has 4 rings (SSSR count). The molecular formula is C24H23ClO. The first kappa shape index (κ1) is 17.2. The normalized spacial score (nSPS) is 13.3.